The fraction of sp³-hybridized carbons (Fsp3) is 0.533. The van der Waals surface area contributed by atoms with Crippen LogP contribution in [0.15, 0.2) is 35.5 Å². The van der Waals surface area contributed by atoms with Gasteiger partial charge in [-0.2, -0.15) is 0 Å². The standard InChI is InChI=1S/C15H17NO/c1-2-4-10(5-3-1)14-9-13-11-6-7-12(8-11)15(13)17-16-14/h1-5,11-13,15H,6-9H2/t11-,12+,13+,15-/m0/s1. The molecular weight excluding hydrogens is 210 g/mol. The van der Waals surface area contributed by atoms with Crippen LogP contribution in [-0.4, -0.2) is 11.8 Å². The Morgan fingerprint density at radius 3 is 2.76 bits per heavy atom. The van der Waals surface area contributed by atoms with Crippen LogP contribution in [0.1, 0.15) is 31.2 Å². The van der Waals surface area contributed by atoms with Gasteiger partial charge in [0.1, 0.15) is 6.10 Å². The maximum atomic E-state index is 5.79. The molecule has 3 aliphatic rings. The van der Waals surface area contributed by atoms with Crippen molar-refractivity contribution in [2.24, 2.45) is 22.9 Å². The lowest BCUT2D eigenvalue weighted by Gasteiger charge is -2.33. The lowest BCUT2D eigenvalue weighted by Crippen LogP contribution is -2.34. The molecule has 0 amide bonds. The van der Waals surface area contributed by atoms with E-state index in [2.05, 4.69) is 29.4 Å². The molecule has 88 valence electrons. The smallest absolute Gasteiger partial charge is 0.133 e. The van der Waals surface area contributed by atoms with E-state index in [0.717, 1.165) is 29.9 Å². The van der Waals surface area contributed by atoms with Gasteiger partial charge in [-0.1, -0.05) is 35.5 Å². The third-order valence-corrected chi connectivity index (χ3v) is 4.83. The van der Waals surface area contributed by atoms with Gasteiger partial charge in [0, 0.05) is 12.3 Å². The average molecular weight is 227 g/mol. The van der Waals surface area contributed by atoms with Crippen LogP contribution < -0.4 is 0 Å². The van der Waals surface area contributed by atoms with E-state index in [1.54, 1.807) is 0 Å². The molecule has 2 nitrogen and oxygen atoms in total. The number of hydrogen-bond donors (Lipinski definition) is 0. The Morgan fingerprint density at radius 2 is 1.88 bits per heavy atom. The molecule has 17 heavy (non-hydrogen) atoms. The zero-order chi connectivity index (χ0) is 11.2. The number of fused-ring (bicyclic) bond motifs is 5. The zero-order valence-electron chi connectivity index (χ0n) is 9.88. The molecule has 1 aromatic rings. The number of oxime groups is 1. The second-order valence-corrected chi connectivity index (χ2v) is 5.68. The monoisotopic (exact) mass is 227 g/mol. The molecule has 2 heteroatoms. The first kappa shape index (κ1) is 9.69. The summed E-state index contributed by atoms with van der Waals surface area (Å²) >= 11 is 0. The third kappa shape index (κ3) is 1.43. The molecule has 0 saturated heterocycles. The largest absolute Gasteiger partial charge is 0.392 e. The third-order valence-electron chi connectivity index (χ3n) is 4.83. The van der Waals surface area contributed by atoms with Crippen molar-refractivity contribution in [3.8, 4) is 0 Å². The first-order valence-electron chi connectivity index (χ1n) is 6.70. The van der Waals surface area contributed by atoms with Crippen LogP contribution in [-0.2, 0) is 4.84 Å². The highest BCUT2D eigenvalue weighted by Crippen LogP contribution is 2.52. The Kier molecular flexibility index (Phi) is 2.05. The molecule has 0 aromatic heterocycles. The second kappa shape index (κ2) is 3.59. The van der Waals surface area contributed by atoms with E-state index in [9.17, 15) is 0 Å². The van der Waals surface area contributed by atoms with Crippen LogP contribution >= 0.6 is 0 Å². The van der Waals surface area contributed by atoms with Gasteiger partial charge >= 0.3 is 0 Å². The van der Waals surface area contributed by atoms with Crippen LogP contribution in [0.4, 0.5) is 0 Å². The Bertz CT molecular complexity index is 453. The van der Waals surface area contributed by atoms with E-state index in [0.29, 0.717) is 6.10 Å². The van der Waals surface area contributed by atoms with Gasteiger partial charge in [-0.15, -0.1) is 0 Å². The molecule has 1 heterocycles. The highest BCUT2D eigenvalue weighted by atomic mass is 16.6. The van der Waals surface area contributed by atoms with Gasteiger partial charge in [0.15, 0.2) is 0 Å². The van der Waals surface area contributed by atoms with E-state index in [4.69, 9.17) is 4.84 Å². The van der Waals surface area contributed by atoms with Crippen molar-refractivity contribution in [1.29, 1.82) is 0 Å². The highest BCUT2D eigenvalue weighted by Gasteiger charge is 2.51. The molecule has 4 atom stereocenters. The molecule has 0 unspecified atom stereocenters. The van der Waals surface area contributed by atoms with Gasteiger partial charge in [-0.3, -0.25) is 0 Å². The van der Waals surface area contributed by atoms with Gasteiger partial charge in [0.2, 0.25) is 0 Å². The minimum atomic E-state index is 0.432. The molecule has 4 rings (SSSR count). The maximum absolute atomic E-state index is 5.79. The summed E-state index contributed by atoms with van der Waals surface area (Å²) in [5, 5.41) is 4.38. The SMILES string of the molecule is c1ccc(C2=NO[C@H]3[C@@H]4CC[C@@H](C4)[C@H]3C2)cc1. The normalized spacial score (nSPS) is 38.5. The summed E-state index contributed by atoms with van der Waals surface area (Å²) in [4.78, 5) is 5.79. The topological polar surface area (TPSA) is 21.6 Å². The molecule has 0 N–H and O–H groups in total. The van der Waals surface area contributed by atoms with Gasteiger partial charge in [0.25, 0.3) is 0 Å². The predicted molar refractivity (Wildman–Crippen MR) is 66.8 cm³/mol. The Morgan fingerprint density at radius 1 is 1.06 bits per heavy atom. The minimum absolute atomic E-state index is 0.432. The first-order chi connectivity index (χ1) is 8.42. The van der Waals surface area contributed by atoms with Gasteiger partial charge in [-0.25, -0.2) is 0 Å². The van der Waals surface area contributed by atoms with E-state index >= 15 is 0 Å². The minimum Gasteiger partial charge on any atom is -0.392 e. The van der Waals surface area contributed by atoms with Crippen molar-refractivity contribution in [3.63, 3.8) is 0 Å². The Labute approximate surface area is 102 Å². The van der Waals surface area contributed by atoms with E-state index in [1.165, 1.54) is 24.8 Å². The van der Waals surface area contributed by atoms with Crippen LogP contribution in [0, 0.1) is 17.8 Å². The number of benzene rings is 1. The summed E-state index contributed by atoms with van der Waals surface area (Å²) in [5.41, 5.74) is 2.38. The average Bonchev–Trinajstić information content (AvgIpc) is 3.01. The molecule has 2 aliphatic carbocycles. The van der Waals surface area contributed by atoms with Crippen molar-refractivity contribution in [2.75, 3.05) is 0 Å². The Balaban J connectivity index is 1.63. The maximum Gasteiger partial charge on any atom is 0.133 e. The lowest BCUT2D eigenvalue weighted by molar-refractivity contribution is -0.0259. The summed E-state index contributed by atoms with van der Waals surface area (Å²) in [6.07, 6.45) is 5.71. The Hall–Kier alpha value is -1.31. The summed E-state index contributed by atoms with van der Waals surface area (Å²) in [6, 6.07) is 10.5. The molecule has 1 aromatic carbocycles. The summed E-state index contributed by atoms with van der Waals surface area (Å²) in [7, 11) is 0. The predicted octanol–water partition coefficient (Wildman–Crippen LogP) is 3.23. The molecule has 0 spiro atoms. The van der Waals surface area contributed by atoms with Gasteiger partial charge < -0.3 is 4.84 Å². The molecular formula is C15H17NO. The lowest BCUT2D eigenvalue weighted by atomic mass is 9.81. The number of nitrogens with zero attached hydrogens (tertiary/aromatic N) is 1. The van der Waals surface area contributed by atoms with Crippen LogP contribution in [0.3, 0.4) is 0 Å². The van der Waals surface area contributed by atoms with Crippen LogP contribution in [0.25, 0.3) is 0 Å². The van der Waals surface area contributed by atoms with Crippen molar-refractivity contribution in [2.45, 2.75) is 31.8 Å². The number of hydrogen-bond acceptors (Lipinski definition) is 2. The fourth-order valence-corrected chi connectivity index (χ4v) is 3.99. The van der Waals surface area contributed by atoms with E-state index in [1.807, 2.05) is 6.07 Å². The van der Waals surface area contributed by atoms with Gasteiger partial charge in [-0.05, 0) is 36.7 Å². The van der Waals surface area contributed by atoms with Crippen molar-refractivity contribution >= 4 is 5.71 Å². The quantitative estimate of drug-likeness (QED) is 0.721. The number of rotatable bonds is 1. The summed E-state index contributed by atoms with van der Waals surface area (Å²) < 4.78 is 0. The van der Waals surface area contributed by atoms with Crippen LogP contribution in [0.5, 0.6) is 0 Å². The zero-order valence-corrected chi connectivity index (χ0v) is 9.88. The van der Waals surface area contributed by atoms with E-state index in [-0.39, 0.29) is 0 Å². The van der Waals surface area contributed by atoms with Crippen molar-refractivity contribution in [3.05, 3.63) is 35.9 Å². The second-order valence-electron chi connectivity index (χ2n) is 5.68. The molecule has 0 radical (unpaired) electrons. The first-order valence-corrected chi connectivity index (χ1v) is 6.70. The summed E-state index contributed by atoms with van der Waals surface area (Å²) in [5.74, 6) is 2.44. The van der Waals surface area contributed by atoms with Gasteiger partial charge in [0.05, 0.1) is 5.71 Å². The molecule has 2 fully saturated rings. The highest BCUT2D eigenvalue weighted by molar-refractivity contribution is 6.00. The van der Waals surface area contributed by atoms with Crippen molar-refractivity contribution in [1.82, 2.24) is 0 Å². The molecule has 2 saturated carbocycles. The van der Waals surface area contributed by atoms with E-state index < -0.39 is 0 Å². The fourth-order valence-electron chi connectivity index (χ4n) is 3.99. The molecule has 2 bridgehead atoms. The van der Waals surface area contributed by atoms with Crippen LogP contribution in [0.2, 0.25) is 0 Å². The summed E-state index contributed by atoms with van der Waals surface area (Å²) in [6.45, 7) is 0. The molecule has 1 aliphatic heterocycles. The van der Waals surface area contributed by atoms with Crippen molar-refractivity contribution < 1.29 is 4.84 Å².